The number of anilines is 2. The Morgan fingerprint density at radius 1 is 0.753 bits per heavy atom. The minimum atomic E-state index is -1.47. The van der Waals surface area contributed by atoms with E-state index in [2.05, 4.69) is 89.4 Å². The Hall–Kier alpha value is -6.96. The summed E-state index contributed by atoms with van der Waals surface area (Å²) in [4.78, 5) is 56.7. The molecular weight excluding hydrogens is 988 g/mol. The SMILES string of the molecule is O=C1C=CC(=O)O1.[C-]#[N+]c1c(N=Nc2ccc(N(CCOCCOC(=O)/C=C\C(=O)[O-])C(C)C)cc2C)sc(C#N)c1C.[C-]#[N+]c1sc(N=Nc2ccc(N(CCOCCO)C(C)C)cc2C)c([N+]#[C-])c1C.[Na+]. The standard InChI is InChI=1S/C25H27N5O5S.C21H25N5O2S.C4H2O3.Na/c1-16(2)30(10-11-34-12-13-35-23(33)9-8-22(31)32)19-6-7-20(17(3)14-19)28-29-25-24(27-5)18(4)21(15-26)36-25;1-14(2)26(9-11-28-12-10-27)17-7-8-18(15(3)13-17)24-25-21-19(22-5)16(4)20(23-6)29-21;5-3-1-2-4(6)7-3;/h6-9,14,16H,10-13H2,1-4H3,(H,31,32);7-8,13-14,27H,9-12H2,1-4H3;1-2H;/q;;;+1/p-1/b9-8-,29-28?;;;. The number of carboxylic acid groups (broad SMARTS) is 1. The zero-order valence-corrected chi connectivity index (χ0v) is 45.6. The molecule has 2 aromatic carbocycles. The molecular formula is C50H53N10NaO10S2. The van der Waals surface area contributed by atoms with Crippen molar-refractivity contribution in [2.75, 3.05) is 62.5 Å². The predicted molar refractivity (Wildman–Crippen MR) is 271 cm³/mol. The number of esters is 3. The predicted octanol–water partition coefficient (Wildman–Crippen LogP) is 7.02. The van der Waals surface area contributed by atoms with E-state index in [0.29, 0.717) is 86.6 Å². The Balaban J connectivity index is 0.000000441. The van der Waals surface area contributed by atoms with Gasteiger partial charge in [-0.1, -0.05) is 6.92 Å². The molecule has 4 aromatic rings. The molecule has 0 spiro atoms. The van der Waals surface area contributed by atoms with Gasteiger partial charge in [-0.25, -0.2) is 28.9 Å². The number of thiophene rings is 2. The second kappa shape index (κ2) is 32.2. The summed E-state index contributed by atoms with van der Waals surface area (Å²) < 4.78 is 19.8. The van der Waals surface area contributed by atoms with E-state index in [1.165, 1.54) is 11.3 Å². The summed E-state index contributed by atoms with van der Waals surface area (Å²) in [5.74, 6) is -3.40. The van der Waals surface area contributed by atoms with Crippen molar-refractivity contribution in [1.82, 2.24) is 0 Å². The van der Waals surface area contributed by atoms with Crippen molar-refractivity contribution in [3.8, 4) is 6.07 Å². The molecule has 1 N–H and O–H groups in total. The van der Waals surface area contributed by atoms with Crippen molar-refractivity contribution >= 4 is 95.7 Å². The number of carbonyl (C=O) groups is 4. The average Bonchev–Trinajstić information content (AvgIpc) is 4.00. The van der Waals surface area contributed by atoms with Gasteiger partial charge in [-0.2, -0.15) is 25.7 Å². The maximum Gasteiger partial charge on any atom is 1.00 e. The van der Waals surface area contributed by atoms with Crippen LogP contribution in [0, 0.1) is 58.7 Å². The molecule has 2 aromatic heterocycles. The number of aliphatic hydroxyl groups excluding tert-OH is 1. The van der Waals surface area contributed by atoms with Crippen molar-refractivity contribution in [3.63, 3.8) is 0 Å². The number of benzene rings is 2. The summed E-state index contributed by atoms with van der Waals surface area (Å²) in [6, 6.07) is 14.3. The average molecular weight is 1040 g/mol. The van der Waals surface area contributed by atoms with E-state index in [1.807, 2.05) is 44.2 Å². The van der Waals surface area contributed by atoms with Crippen LogP contribution in [-0.2, 0) is 38.1 Å². The third-order valence-corrected chi connectivity index (χ3v) is 12.1. The minimum Gasteiger partial charge on any atom is -0.545 e. The Morgan fingerprint density at radius 2 is 1.25 bits per heavy atom. The van der Waals surface area contributed by atoms with E-state index in [9.17, 15) is 29.5 Å². The number of cyclic esters (lactones) is 2. The van der Waals surface area contributed by atoms with Gasteiger partial charge in [0, 0.05) is 54.8 Å². The van der Waals surface area contributed by atoms with Gasteiger partial charge >= 0.3 is 47.5 Å². The van der Waals surface area contributed by atoms with Gasteiger partial charge in [0.2, 0.25) is 16.4 Å². The number of carbonyl (C=O) groups excluding carboxylic acids is 4. The van der Waals surface area contributed by atoms with E-state index >= 15 is 0 Å². The van der Waals surface area contributed by atoms with Gasteiger partial charge in [-0.05, 0) is 113 Å². The number of hydrogen-bond acceptors (Lipinski definition) is 19. The molecule has 0 amide bonds. The van der Waals surface area contributed by atoms with E-state index in [-0.39, 0.29) is 55.4 Å². The van der Waals surface area contributed by atoms with Crippen LogP contribution >= 0.6 is 22.7 Å². The molecule has 376 valence electrons. The van der Waals surface area contributed by atoms with E-state index in [1.54, 1.807) is 13.8 Å². The van der Waals surface area contributed by atoms with Crippen molar-refractivity contribution in [2.45, 2.75) is 67.5 Å². The van der Waals surface area contributed by atoms with Gasteiger partial charge in [-0.3, -0.25) is 0 Å². The number of nitrogens with zero attached hydrogens (tertiary/aromatic N) is 10. The number of carboxylic acids is 1. The van der Waals surface area contributed by atoms with Gasteiger partial charge in [0.25, 0.3) is 0 Å². The Labute approximate surface area is 454 Å². The third-order valence-electron chi connectivity index (χ3n) is 9.94. The molecule has 73 heavy (non-hydrogen) atoms. The van der Waals surface area contributed by atoms with Gasteiger partial charge in [-0.15, -0.1) is 22.7 Å². The molecule has 0 saturated carbocycles. The van der Waals surface area contributed by atoms with Crippen molar-refractivity contribution in [1.29, 1.82) is 5.26 Å². The van der Waals surface area contributed by atoms with Crippen LogP contribution in [0.5, 0.6) is 0 Å². The van der Waals surface area contributed by atoms with Gasteiger partial charge in [0.1, 0.15) is 22.7 Å². The molecule has 0 bridgehead atoms. The number of nitriles is 1. The van der Waals surface area contributed by atoms with E-state index in [0.717, 1.165) is 64.3 Å². The number of aryl methyl sites for hydroxylation is 2. The summed E-state index contributed by atoms with van der Waals surface area (Å²) in [5.41, 5.74) is 7.33. The third kappa shape index (κ3) is 19.9. The molecule has 0 aliphatic carbocycles. The monoisotopic (exact) mass is 1040 g/mol. The summed E-state index contributed by atoms with van der Waals surface area (Å²) >= 11 is 2.35. The Morgan fingerprint density at radius 3 is 1.66 bits per heavy atom. The number of ether oxygens (including phenoxy) is 4. The Bertz CT molecular complexity index is 2850. The van der Waals surface area contributed by atoms with Gasteiger partial charge in [0.05, 0.1) is 75.0 Å². The molecule has 0 atom stereocenters. The number of hydrogen-bond donors (Lipinski definition) is 1. The molecule has 0 fully saturated rings. The van der Waals surface area contributed by atoms with Crippen LogP contribution < -0.4 is 44.5 Å². The first-order valence-electron chi connectivity index (χ1n) is 22.0. The summed E-state index contributed by atoms with van der Waals surface area (Å²) in [6.45, 7) is 40.4. The van der Waals surface area contributed by atoms with Crippen molar-refractivity contribution in [2.24, 2.45) is 20.5 Å². The number of rotatable bonds is 21. The van der Waals surface area contributed by atoms with Crippen LogP contribution in [-0.4, -0.2) is 93.8 Å². The quantitative estimate of drug-likeness (QED) is 0.0168. The maximum absolute atomic E-state index is 11.3. The van der Waals surface area contributed by atoms with Crippen LogP contribution in [0.3, 0.4) is 0 Å². The summed E-state index contributed by atoms with van der Waals surface area (Å²) in [6.07, 6.45) is 3.57. The normalized spacial score (nSPS) is 11.5. The fourth-order valence-electron chi connectivity index (χ4n) is 6.29. The summed E-state index contributed by atoms with van der Waals surface area (Å²) in [7, 11) is 0. The first-order chi connectivity index (χ1) is 34.4. The molecule has 0 saturated heterocycles. The topological polar surface area (TPSA) is 241 Å². The largest absolute Gasteiger partial charge is 1.00 e. The second-order valence-electron chi connectivity index (χ2n) is 15.6. The zero-order chi connectivity index (χ0) is 53.3. The van der Waals surface area contributed by atoms with Crippen molar-refractivity contribution < 1.29 is 77.9 Å². The molecule has 0 unspecified atom stereocenters. The fourth-order valence-corrected chi connectivity index (χ4v) is 8.01. The molecule has 5 rings (SSSR count). The van der Waals surface area contributed by atoms with E-state index in [4.69, 9.17) is 39.0 Å². The Kier molecular flexibility index (Phi) is 27.4. The smallest absolute Gasteiger partial charge is 0.545 e. The zero-order valence-electron chi connectivity index (χ0n) is 42.0. The minimum absolute atomic E-state index is 0. The maximum atomic E-state index is 11.3. The van der Waals surface area contributed by atoms with Crippen LogP contribution in [0.4, 0.5) is 49.1 Å². The van der Waals surface area contributed by atoms with Crippen molar-refractivity contribution in [3.05, 3.63) is 122 Å². The number of aliphatic carboxylic acids is 1. The van der Waals surface area contributed by atoms with E-state index < -0.39 is 23.9 Å². The first kappa shape index (κ1) is 62.2. The number of azo groups is 2. The number of aliphatic hydroxyl groups is 1. The molecule has 20 nitrogen and oxygen atoms in total. The van der Waals surface area contributed by atoms with Crippen LogP contribution in [0.1, 0.15) is 54.8 Å². The molecule has 3 heterocycles. The van der Waals surface area contributed by atoms with Crippen LogP contribution in [0.2, 0.25) is 0 Å². The second-order valence-corrected chi connectivity index (χ2v) is 17.6. The van der Waals surface area contributed by atoms with Gasteiger partial charge in [0.15, 0.2) is 0 Å². The molecule has 1 aliphatic heterocycles. The molecule has 0 radical (unpaired) electrons. The van der Waals surface area contributed by atoms with Crippen LogP contribution in [0.25, 0.3) is 14.5 Å². The fraction of sp³-hybridized carbons (Fsp3) is 0.360. The molecule has 1 aliphatic rings. The summed E-state index contributed by atoms with van der Waals surface area (Å²) in [5, 5.41) is 46.8. The van der Waals surface area contributed by atoms with Gasteiger partial charge < -0.3 is 43.8 Å². The first-order valence-corrected chi connectivity index (χ1v) is 23.7. The molecule has 23 heteroatoms. The van der Waals surface area contributed by atoms with Crippen LogP contribution in [0.15, 0.2) is 81.2 Å².